The van der Waals surface area contributed by atoms with Gasteiger partial charge in [-0.25, -0.2) is 18.4 Å². The summed E-state index contributed by atoms with van der Waals surface area (Å²) in [6.07, 6.45) is 6.34. The fourth-order valence-corrected chi connectivity index (χ4v) is 5.12. The van der Waals surface area contributed by atoms with Gasteiger partial charge in [-0.3, -0.25) is 4.68 Å². The topological polar surface area (TPSA) is 115 Å². The molecule has 0 aliphatic rings. The minimum absolute atomic E-state index is 0.101. The van der Waals surface area contributed by atoms with Crippen LogP contribution in [0.5, 0.6) is 0 Å². The zero-order chi connectivity index (χ0) is 27.5. The van der Waals surface area contributed by atoms with Crippen molar-refractivity contribution in [2.24, 2.45) is 0 Å². The molecule has 3 aromatic heterocycles. The Labute approximate surface area is 231 Å². The van der Waals surface area contributed by atoms with E-state index in [0.717, 1.165) is 38.6 Å². The molecule has 0 aliphatic heterocycles. The van der Waals surface area contributed by atoms with E-state index in [2.05, 4.69) is 50.0 Å². The summed E-state index contributed by atoms with van der Waals surface area (Å²) < 4.78 is 30.4. The zero-order valence-corrected chi connectivity index (χ0v) is 22.7. The van der Waals surface area contributed by atoms with Crippen LogP contribution in [0.3, 0.4) is 0 Å². The predicted molar refractivity (Wildman–Crippen MR) is 157 cm³/mol. The number of benzene rings is 3. The van der Waals surface area contributed by atoms with Gasteiger partial charge in [0.1, 0.15) is 27.7 Å². The fourth-order valence-electron chi connectivity index (χ4n) is 4.60. The molecule has 202 valence electrons. The first-order chi connectivity index (χ1) is 19.4. The fraction of sp³-hybridized carbons (Fsp3) is 0.167. The summed E-state index contributed by atoms with van der Waals surface area (Å²) in [5.41, 5.74) is 5.80. The second-order valence-electron chi connectivity index (χ2n) is 9.77. The van der Waals surface area contributed by atoms with Crippen molar-refractivity contribution in [3.05, 3.63) is 103 Å². The van der Waals surface area contributed by atoms with E-state index in [0.29, 0.717) is 31.2 Å². The summed E-state index contributed by atoms with van der Waals surface area (Å²) in [4.78, 5) is 8.97. The summed E-state index contributed by atoms with van der Waals surface area (Å²) in [6.45, 7) is 1.64. The van der Waals surface area contributed by atoms with Gasteiger partial charge < -0.3 is 15.1 Å². The molecule has 0 unspecified atom stereocenters. The smallest absolute Gasteiger partial charge is 0.148 e. The van der Waals surface area contributed by atoms with E-state index in [1.807, 2.05) is 59.4 Å². The molecule has 0 radical (unpaired) electrons. The Hall–Kier alpha value is -4.54. The van der Waals surface area contributed by atoms with Crippen LogP contribution in [0, 0.1) is 0 Å². The third kappa shape index (κ3) is 5.88. The van der Waals surface area contributed by atoms with E-state index in [1.54, 1.807) is 12.6 Å². The number of hydrogen-bond acceptors (Lipinski definition) is 8. The maximum atomic E-state index is 11.3. The highest BCUT2D eigenvalue weighted by Crippen LogP contribution is 2.30. The van der Waals surface area contributed by atoms with Gasteiger partial charge in [0.15, 0.2) is 0 Å². The molecule has 0 aliphatic carbocycles. The average molecular weight is 553 g/mol. The molecule has 0 fully saturated rings. The van der Waals surface area contributed by atoms with Gasteiger partial charge in [0.2, 0.25) is 0 Å². The molecule has 40 heavy (non-hydrogen) atoms. The van der Waals surface area contributed by atoms with Crippen molar-refractivity contribution in [3.8, 4) is 11.3 Å². The van der Waals surface area contributed by atoms with E-state index in [9.17, 15) is 8.42 Å². The minimum atomic E-state index is -2.99. The first kappa shape index (κ1) is 25.7. The molecule has 0 spiro atoms. The lowest BCUT2D eigenvalue weighted by Crippen LogP contribution is -2.21. The van der Waals surface area contributed by atoms with Crippen LogP contribution in [-0.4, -0.2) is 46.7 Å². The minimum Gasteiger partial charge on any atom is -0.464 e. The number of sulfone groups is 1. The zero-order valence-electron chi connectivity index (χ0n) is 21.9. The van der Waals surface area contributed by atoms with Crippen molar-refractivity contribution in [2.75, 3.05) is 23.9 Å². The molecule has 6 rings (SSSR count). The van der Waals surface area contributed by atoms with Crippen LogP contribution in [0.1, 0.15) is 11.1 Å². The molecular weight excluding hydrogens is 524 g/mol. The maximum absolute atomic E-state index is 11.3. The number of nitrogens with one attached hydrogen (secondary N) is 2. The van der Waals surface area contributed by atoms with Crippen LogP contribution in [0.2, 0.25) is 0 Å². The average Bonchev–Trinajstić information content (AvgIpc) is 3.58. The van der Waals surface area contributed by atoms with Crippen molar-refractivity contribution < 1.29 is 12.8 Å². The number of fused-ring (bicyclic) bond motifs is 2. The van der Waals surface area contributed by atoms with Gasteiger partial charge in [0.25, 0.3) is 0 Å². The second-order valence-corrected chi connectivity index (χ2v) is 12.0. The number of rotatable bonds is 10. The number of furan rings is 1. The molecule has 10 heteroatoms. The van der Waals surface area contributed by atoms with Gasteiger partial charge >= 0.3 is 0 Å². The van der Waals surface area contributed by atoms with Crippen molar-refractivity contribution in [3.63, 3.8) is 0 Å². The van der Waals surface area contributed by atoms with E-state index in [-0.39, 0.29) is 5.75 Å². The van der Waals surface area contributed by atoms with Crippen molar-refractivity contribution in [1.29, 1.82) is 0 Å². The first-order valence-corrected chi connectivity index (χ1v) is 14.9. The number of nitrogens with zero attached hydrogens (tertiary/aromatic N) is 4. The lowest BCUT2D eigenvalue weighted by atomic mass is 10.1. The normalized spacial score (nSPS) is 11.8. The largest absolute Gasteiger partial charge is 0.464 e. The van der Waals surface area contributed by atoms with E-state index < -0.39 is 9.84 Å². The van der Waals surface area contributed by atoms with Crippen LogP contribution in [0.15, 0.2) is 96.0 Å². The van der Waals surface area contributed by atoms with Gasteiger partial charge in [-0.2, -0.15) is 5.10 Å². The standard InChI is InChI=1S/C30H28N6O3S/c1-40(37,38)12-11-31-16-22-13-29(39-19-22)23-7-9-26-27(15-23)32-20-33-30(26)35-25-8-10-28-24(14-25)17-34-36(28)18-21-5-3-2-4-6-21/h2-10,13-15,17,19-20,31H,11-12,16,18H2,1H3,(H,32,33,35). The Bertz CT molecular complexity index is 1900. The van der Waals surface area contributed by atoms with Crippen LogP contribution in [0.25, 0.3) is 33.1 Å². The molecule has 0 bridgehead atoms. The Morgan fingerprint density at radius 1 is 0.950 bits per heavy atom. The van der Waals surface area contributed by atoms with Crippen LogP contribution in [-0.2, 0) is 22.9 Å². The van der Waals surface area contributed by atoms with Gasteiger partial charge in [0, 0.05) is 46.9 Å². The van der Waals surface area contributed by atoms with Gasteiger partial charge in [0.05, 0.1) is 35.8 Å². The number of hydrogen-bond donors (Lipinski definition) is 2. The van der Waals surface area contributed by atoms with Gasteiger partial charge in [-0.05, 0) is 42.0 Å². The lowest BCUT2D eigenvalue weighted by Gasteiger charge is -2.10. The number of anilines is 2. The highest BCUT2D eigenvalue weighted by atomic mass is 32.2. The van der Waals surface area contributed by atoms with Crippen molar-refractivity contribution in [2.45, 2.75) is 13.1 Å². The van der Waals surface area contributed by atoms with E-state index >= 15 is 0 Å². The molecule has 3 aromatic carbocycles. The summed E-state index contributed by atoms with van der Waals surface area (Å²) in [5, 5.41) is 13.1. The SMILES string of the molecule is CS(=O)(=O)CCNCc1coc(-c2ccc3c(Nc4ccc5c(cnn5Cc5ccccc5)c4)ncnc3c2)c1. The van der Waals surface area contributed by atoms with Crippen LogP contribution in [0.4, 0.5) is 11.5 Å². The summed E-state index contributed by atoms with van der Waals surface area (Å²) in [7, 11) is -2.99. The first-order valence-electron chi connectivity index (χ1n) is 12.9. The highest BCUT2D eigenvalue weighted by molar-refractivity contribution is 7.90. The lowest BCUT2D eigenvalue weighted by molar-refractivity contribution is 0.574. The molecule has 9 nitrogen and oxygen atoms in total. The molecule has 0 amide bonds. The second kappa shape index (κ2) is 10.9. The molecule has 0 atom stereocenters. The van der Waals surface area contributed by atoms with Gasteiger partial charge in [-0.15, -0.1) is 0 Å². The molecule has 0 saturated heterocycles. The van der Waals surface area contributed by atoms with Crippen molar-refractivity contribution in [1.82, 2.24) is 25.1 Å². The molecule has 0 saturated carbocycles. The van der Waals surface area contributed by atoms with Gasteiger partial charge in [-0.1, -0.05) is 36.4 Å². The predicted octanol–water partition coefficient (Wildman–Crippen LogP) is 5.17. The van der Waals surface area contributed by atoms with E-state index in [4.69, 9.17) is 4.42 Å². The molecular formula is C30H28N6O3S. The molecule has 6 aromatic rings. The molecule has 2 N–H and O–H groups in total. The Balaban J connectivity index is 1.17. The van der Waals surface area contributed by atoms with Crippen LogP contribution >= 0.6 is 0 Å². The Morgan fingerprint density at radius 2 is 1.82 bits per heavy atom. The summed E-state index contributed by atoms with van der Waals surface area (Å²) >= 11 is 0. The monoisotopic (exact) mass is 552 g/mol. The maximum Gasteiger partial charge on any atom is 0.148 e. The summed E-state index contributed by atoms with van der Waals surface area (Å²) in [6, 6.07) is 24.3. The number of aromatic nitrogens is 4. The Kier molecular flexibility index (Phi) is 7.02. The van der Waals surface area contributed by atoms with Crippen LogP contribution < -0.4 is 10.6 Å². The van der Waals surface area contributed by atoms with E-state index in [1.165, 1.54) is 11.8 Å². The third-order valence-electron chi connectivity index (χ3n) is 6.63. The van der Waals surface area contributed by atoms with Crippen molar-refractivity contribution >= 4 is 43.1 Å². The Morgan fingerprint density at radius 3 is 2.67 bits per heavy atom. The quantitative estimate of drug-likeness (QED) is 0.224. The third-order valence-corrected chi connectivity index (χ3v) is 7.58. The summed E-state index contributed by atoms with van der Waals surface area (Å²) in [5.74, 6) is 1.53. The molecule has 3 heterocycles. The highest BCUT2D eigenvalue weighted by Gasteiger charge is 2.11.